The zero-order valence-electron chi connectivity index (χ0n) is 14.1. The van der Waals surface area contributed by atoms with Crippen molar-refractivity contribution in [1.29, 1.82) is 0 Å². The van der Waals surface area contributed by atoms with Gasteiger partial charge in [-0.2, -0.15) is 0 Å². The molecule has 0 saturated heterocycles. The Morgan fingerprint density at radius 1 is 1.08 bits per heavy atom. The number of benzene rings is 2. The Hall–Kier alpha value is -2.51. The third kappa shape index (κ3) is 3.62. The molecule has 0 fully saturated rings. The van der Waals surface area contributed by atoms with Crippen LogP contribution in [0.4, 0.5) is 0 Å². The summed E-state index contributed by atoms with van der Waals surface area (Å²) in [5, 5.41) is 1.10. The molecular weight excluding hydrogens is 340 g/mol. The Kier molecular flexibility index (Phi) is 4.96. The average molecular weight is 360 g/mol. The first-order valence-electron chi connectivity index (χ1n) is 7.82. The molecule has 0 saturated carbocycles. The molecule has 0 aliphatic rings. The molecule has 0 aliphatic heterocycles. The third-order valence-corrected chi connectivity index (χ3v) is 5.52. The maximum absolute atomic E-state index is 12.6. The van der Waals surface area contributed by atoms with Gasteiger partial charge >= 0.3 is 0 Å². The van der Waals surface area contributed by atoms with Gasteiger partial charge in [0, 0.05) is 29.7 Å². The molecule has 7 heteroatoms. The summed E-state index contributed by atoms with van der Waals surface area (Å²) >= 11 is 0. The molecule has 6 nitrogen and oxygen atoms in total. The topological polar surface area (TPSA) is 80.4 Å². The standard InChI is InChI=1S/C18H20N2O4S/c1-23-14-7-8-18(17(11-14)24-2)25(21,22)20-10-9-13-12-19-16-6-4-3-5-15(13)16/h3-8,11-12,19-20H,9-10H2,1-2H3. The fourth-order valence-corrected chi connectivity index (χ4v) is 3.91. The van der Waals surface area contributed by atoms with Gasteiger partial charge in [-0.1, -0.05) is 18.2 Å². The largest absolute Gasteiger partial charge is 0.497 e. The lowest BCUT2D eigenvalue weighted by atomic mass is 10.1. The fourth-order valence-electron chi connectivity index (χ4n) is 2.73. The normalized spacial score (nSPS) is 11.6. The van der Waals surface area contributed by atoms with Crippen molar-refractivity contribution in [2.45, 2.75) is 11.3 Å². The average Bonchev–Trinajstić information content (AvgIpc) is 3.04. The number of ether oxygens (including phenoxy) is 2. The number of aromatic amines is 1. The van der Waals surface area contributed by atoms with E-state index in [1.165, 1.54) is 20.3 Å². The summed E-state index contributed by atoms with van der Waals surface area (Å²) < 4.78 is 38.0. The van der Waals surface area contributed by atoms with Crippen LogP contribution in [0, 0.1) is 0 Å². The number of methoxy groups -OCH3 is 2. The summed E-state index contributed by atoms with van der Waals surface area (Å²) in [4.78, 5) is 3.28. The minimum Gasteiger partial charge on any atom is -0.497 e. The van der Waals surface area contributed by atoms with E-state index < -0.39 is 10.0 Å². The van der Waals surface area contributed by atoms with Crippen molar-refractivity contribution in [3.8, 4) is 11.5 Å². The highest BCUT2D eigenvalue weighted by atomic mass is 32.2. The van der Waals surface area contributed by atoms with Crippen molar-refractivity contribution in [2.75, 3.05) is 20.8 Å². The van der Waals surface area contributed by atoms with E-state index in [9.17, 15) is 8.42 Å². The zero-order valence-corrected chi connectivity index (χ0v) is 14.9. The zero-order chi connectivity index (χ0) is 17.9. The Morgan fingerprint density at radius 2 is 1.88 bits per heavy atom. The van der Waals surface area contributed by atoms with Gasteiger partial charge in [-0.3, -0.25) is 0 Å². The van der Waals surface area contributed by atoms with Crippen molar-refractivity contribution < 1.29 is 17.9 Å². The van der Waals surface area contributed by atoms with Crippen molar-refractivity contribution in [3.05, 3.63) is 54.2 Å². The number of hydrogen-bond acceptors (Lipinski definition) is 4. The van der Waals surface area contributed by atoms with Crippen molar-refractivity contribution in [1.82, 2.24) is 9.71 Å². The summed E-state index contributed by atoms with van der Waals surface area (Å²) in [6, 6.07) is 12.6. The molecule has 3 rings (SSSR count). The number of rotatable bonds is 7. The van der Waals surface area contributed by atoms with Gasteiger partial charge in [-0.05, 0) is 30.2 Å². The van der Waals surface area contributed by atoms with Crippen LogP contribution in [0.1, 0.15) is 5.56 Å². The summed E-state index contributed by atoms with van der Waals surface area (Å²) in [6.07, 6.45) is 2.49. The highest BCUT2D eigenvalue weighted by molar-refractivity contribution is 7.89. The molecule has 132 valence electrons. The van der Waals surface area contributed by atoms with E-state index in [1.54, 1.807) is 12.1 Å². The Balaban J connectivity index is 1.74. The Labute approximate surface area is 146 Å². The van der Waals surface area contributed by atoms with E-state index in [-0.39, 0.29) is 10.6 Å². The second-order valence-corrected chi connectivity index (χ2v) is 7.26. The van der Waals surface area contributed by atoms with Gasteiger partial charge in [-0.15, -0.1) is 0 Å². The first kappa shape index (κ1) is 17.3. The maximum Gasteiger partial charge on any atom is 0.244 e. The quantitative estimate of drug-likeness (QED) is 0.679. The molecule has 0 unspecified atom stereocenters. The van der Waals surface area contributed by atoms with E-state index in [4.69, 9.17) is 9.47 Å². The van der Waals surface area contributed by atoms with E-state index >= 15 is 0 Å². The third-order valence-electron chi connectivity index (χ3n) is 4.02. The predicted molar refractivity (Wildman–Crippen MR) is 96.7 cm³/mol. The summed E-state index contributed by atoms with van der Waals surface area (Å²) in [5.41, 5.74) is 2.11. The van der Waals surface area contributed by atoms with Crippen LogP contribution in [0.2, 0.25) is 0 Å². The van der Waals surface area contributed by atoms with Crippen LogP contribution in [-0.2, 0) is 16.4 Å². The van der Waals surface area contributed by atoms with Gasteiger partial charge in [0.15, 0.2) is 0 Å². The molecule has 0 atom stereocenters. The summed E-state index contributed by atoms with van der Waals surface area (Å²) in [7, 11) is -0.729. The van der Waals surface area contributed by atoms with Crippen molar-refractivity contribution >= 4 is 20.9 Å². The van der Waals surface area contributed by atoms with Gasteiger partial charge in [-0.25, -0.2) is 13.1 Å². The van der Waals surface area contributed by atoms with Crippen LogP contribution in [0.15, 0.2) is 53.6 Å². The van der Waals surface area contributed by atoms with Gasteiger partial charge in [0.1, 0.15) is 16.4 Å². The SMILES string of the molecule is COc1ccc(S(=O)(=O)NCCc2c[nH]c3ccccc23)c(OC)c1. The first-order valence-corrected chi connectivity index (χ1v) is 9.30. The molecule has 2 aromatic carbocycles. The van der Waals surface area contributed by atoms with Crippen LogP contribution in [0.25, 0.3) is 10.9 Å². The molecular formula is C18H20N2O4S. The fraction of sp³-hybridized carbons (Fsp3) is 0.222. The minimum atomic E-state index is -3.68. The maximum atomic E-state index is 12.6. The van der Waals surface area contributed by atoms with Gasteiger partial charge in [0.2, 0.25) is 10.0 Å². The number of nitrogens with one attached hydrogen (secondary N) is 2. The van der Waals surface area contributed by atoms with Crippen molar-refractivity contribution in [2.24, 2.45) is 0 Å². The molecule has 25 heavy (non-hydrogen) atoms. The number of H-pyrrole nitrogens is 1. The number of fused-ring (bicyclic) bond motifs is 1. The van der Waals surface area contributed by atoms with Crippen LogP contribution < -0.4 is 14.2 Å². The lowest BCUT2D eigenvalue weighted by Crippen LogP contribution is -2.26. The number of sulfonamides is 1. The molecule has 0 bridgehead atoms. The molecule has 0 aliphatic carbocycles. The molecule has 0 amide bonds. The monoisotopic (exact) mass is 360 g/mol. The number of aromatic nitrogens is 1. The number of para-hydroxylation sites is 1. The van der Waals surface area contributed by atoms with E-state index in [0.717, 1.165) is 16.5 Å². The molecule has 1 aromatic heterocycles. The van der Waals surface area contributed by atoms with E-state index in [1.807, 2.05) is 30.5 Å². The summed E-state index contributed by atoms with van der Waals surface area (Å²) in [6.45, 7) is 0.291. The first-order chi connectivity index (χ1) is 12.0. The minimum absolute atomic E-state index is 0.0923. The lowest BCUT2D eigenvalue weighted by Gasteiger charge is -2.12. The highest BCUT2D eigenvalue weighted by Gasteiger charge is 2.19. The number of hydrogen-bond donors (Lipinski definition) is 2. The van der Waals surface area contributed by atoms with Crippen LogP contribution in [0.5, 0.6) is 11.5 Å². The smallest absolute Gasteiger partial charge is 0.244 e. The van der Waals surface area contributed by atoms with Crippen molar-refractivity contribution in [3.63, 3.8) is 0 Å². The van der Waals surface area contributed by atoms with E-state index in [0.29, 0.717) is 18.7 Å². The van der Waals surface area contributed by atoms with Gasteiger partial charge < -0.3 is 14.5 Å². The summed E-state index contributed by atoms with van der Waals surface area (Å²) in [5.74, 6) is 0.786. The second-order valence-electron chi connectivity index (χ2n) is 5.52. The lowest BCUT2D eigenvalue weighted by molar-refractivity contribution is 0.386. The highest BCUT2D eigenvalue weighted by Crippen LogP contribution is 2.28. The van der Waals surface area contributed by atoms with Crippen LogP contribution in [0.3, 0.4) is 0 Å². The van der Waals surface area contributed by atoms with Gasteiger partial charge in [0.25, 0.3) is 0 Å². The molecule has 0 spiro atoms. The van der Waals surface area contributed by atoms with Crippen LogP contribution >= 0.6 is 0 Å². The van der Waals surface area contributed by atoms with Crippen LogP contribution in [-0.4, -0.2) is 34.2 Å². The molecule has 1 heterocycles. The van der Waals surface area contributed by atoms with E-state index in [2.05, 4.69) is 9.71 Å². The molecule has 2 N–H and O–H groups in total. The molecule has 3 aromatic rings. The predicted octanol–water partition coefficient (Wildman–Crippen LogP) is 2.71. The Morgan fingerprint density at radius 3 is 2.64 bits per heavy atom. The molecule has 0 radical (unpaired) electrons. The van der Waals surface area contributed by atoms with Gasteiger partial charge in [0.05, 0.1) is 14.2 Å². The second kappa shape index (κ2) is 7.16. The Bertz CT molecular complexity index is 980.